The van der Waals surface area contributed by atoms with E-state index in [1.807, 2.05) is 0 Å². The second-order valence-corrected chi connectivity index (χ2v) is 5.68. The fraction of sp³-hybridized carbons (Fsp3) is 0.333. The predicted molar refractivity (Wildman–Crippen MR) is 80.1 cm³/mol. The van der Waals surface area contributed by atoms with Gasteiger partial charge in [-0.1, -0.05) is 35.4 Å². The second kappa shape index (κ2) is 3.98. The van der Waals surface area contributed by atoms with Crippen molar-refractivity contribution in [2.75, 3.05) is 0 Å². The summed E-state index contributed by atoms with van der Waals surface area (Å²) in [6.45, 7) is 8.95. The molecule has 0 N–H and O–H groups in total. The van der Waals surface area contributed by atoms with E-state index >= 15 is 0 Å². The molecule has 0 radical (unpaired) electrons. The van der Waals surface area contributed by atoms with Crippen molar-refractivity contribution in [3.8, 4) is 0 Å². The summed E-state index contributed by atoms with van der Waals surface area (Å²) in [5, 5.41) is 2.90. The van der Waals surface area contributed by atoms with Gasteiger partial charge in [0.15, 0.2) is 0 Å². The summed E-state index contributed by atoms with van der Waals surface area (Å²) >= 11 is 0. The lowest BCUT2D eigenvalue weighted by Crippen LogP contribution is -2.03. The normalized spacial score (nSPS) is 14.6. The Morgan fingerprint density at radius 1 is 0.833 bits per heavy atom. The molecule has 0 unspecified atom stereocenters. The van der Waals surface area contributed by atoms with Crippen molar-refractivity contribution in [3.05, 3.63) is 51.6 Å². The first-order valence-corrected chi connectivity index (χ1v) is 6.77. The summed E-state index contributed by atoms with van der Waals surface area (Å²) in [6, 6.07) is 6.89. The summed E-state index contributed by atoms with van der Waals surface area (Å²) < 4.78 is 0. The van der Waals surface area contributed by atoms with E-state index in [2.05, 4.69) is 52.0 Å². The van der Waals surface area contributed by atoms with Crippen molar-refractivity contribution < 1.29 is 0 Å². The Kier molecular flexibility index (Phi) is 2.55. The first kappa shape index (κ1) is 11.5. The fourth-order valence-corrected chi connectivity index (χ4v) is 3.11. The van der Waals surface area contributed by atoms with E-state index in [4.69, 9.17) is 0 Å². The van der Waals surface area contributed by atoms with Crippen molar-refractivity contribution >= 4 is 16.8 Å². The first-order valence-electron chi connectivity index (χ1n) is 6.77. The predicted octanol–water partition coefficient (Wildman–Crippen LogP) is 5.11. The highest BCUT2D eigenvalue weighted by atomic mass is 14.2. The summed E-state index contributed by atoms with van der Waals surface area (Å²) in [7, 11) is 0. The van der Waals surface area contributed by atoms with Crippen LogP contribution in [0.2, 0.25) is 0 Å². The van der Waals surface area contributed by atoms with Crippen molar-refractivity contribution in [1.82, 2.24) is 0 Å². The van der Waals surface area contributed by atoms with Gasteiger partial charge in [-0.2, -0.15) is 0 Å². The Hall–Kier alpha value is -1.56. The topological polar surface area (TPSA) is 0 Å². The second-order valence-electron chi connectivity index (χ2n) is 5.68. The maximum atomic E-state index is 2.39. The molecule has 92 valence electrons. The van der Waals surface area contributed by atoms with Gasteiger partial charge in [-0.05, 0) is 73.6 Å². The van der Waals surface area contributed by atoms with Crippen LogP contribution in [0.3, 0.4) is 0 Å². The summed E-state index contributed by atoms with van der Waals surface area (Å²) in [5.74, 6) is 0. The molecule has 2 aromatic rings. The summed E-state index contributed by atoms with van der Waals surface area (Å²) in [4.78, 5) is 0. The Balaban J connectivity index is 2.46. The molecule has 1 aliphatic carbocycles. The zero-order chi connectivity index (χ0) is 12.9. The minimum atomic E-state index is 1.19. The van der Waals surface area contributed by atoms with Gasteiger partial charge in [0.1, 0.15) is 0 Å². The lowest BCUT2D eigenvalue weighted by Gasteiger charge is -2.21. The molecule has 0 atom stereocenters. The van der Waals surface area contributed by atoms with Gasteiger partial charge in [0, 0.05) is 0 Å². The molecule has 18 heavy (non-hydrogen) atoms. The Labute approximate surface area is 109 Å². The molecule has 0 heteroatoms. The SMILES string of the molecule is CC1=Cc2c(C)c(C)c3cc(C)ccc3c2CC1. The molecule has 0 amide bonds. The third-order valence-electron chi connectivity index (χ3n) is 4.36. The summed E-state index contributed by atoms with van der Waals surface area (Å²) in [6.07, 6.45) is 4.79. The number of benzene rings is 2. The average Bonchev–Trinajstić information content (AvgIpc) is 2.36. The van der Waals surface area contributed by atoms with Crippen LogP contribution in [0.4, 0.5) is 0 Å². The highest BCUT2D eigenvalue weighted by Crippen LogP contribution is 2.35. The number of allylic oxidation sites excluding steroid dienone is 1. The largest absolute Gasteiger partial charge is 0.0724 e. The van der Waals surface area contributed by atoms with Crippen LogP contribution < -0.4 is 0 Å². The minimum absolute atomic E-state index is 1.19. The minimum Gasteiger partial charge on any atom is -0.0724 e. The fourth-order valence-electron chi connectivity index (χ4n) is 3.11. The number of fused-ring (bicyclic) bond motifs is 3. The van der Waals surface area contributed by atoms with Crippen molar-refractivity contribution in [1.29, 1.82) is 0 Å². The Bertz CT molecular complexity index is 672. The van der Waals surface area contributed by atoms with Gasteiger partial charge in [-0.25, -0.2) is 0 Å². The molecular formula is C18H20. The van der Waals surface area contributed by atoms with Crippen LogP contribution in [0.1, 0.15) is 41.2 Å². The zero-order valence-corrected chi connectivity index (χ0v) is 11.7. The maximum absolute atomic E-state index is 2.39. The number of aryl methyl sites for hydroxylation is 3. The van der Waals surface area contributed by atoms with Gasteiger partial charge in [0.25, 0.3) is 0 Å². The smallest absolute Gasteiger partial charge is 0.0143 e. The van der Waals surface area contributed by atoms with Crippen LogP contribution in [0, 0.1) is 20.8 Å². The van der Waals surface area contributed by atoms with Gasteiger partial charge in [-0.15, -0.1) is 0 Å². The monoisotopic (exact) mass is 236 g/mol. The van der Waals surface area contributed by atoms with Crippen LogP contribution >= 0.6 is 0 Å². The van der Waals surface area contributed by atoms with E-state index in [1.54, 1.807) is 5.56 Å². The number of rotatable bonds is 0. The molecule has 1 aliphatic rings. The molecule has 0 saturated carbocycles. The average molecular weight is 236 g/mol. The highest BCUT2D eigenvalue weighted by molar-refractivity contribution is 5.94. The third kappa shape index (κ3) is 1.59. The standard InChI is InChI=1S/C18H20/c1-11-5-7-15-16-8-6-12(2)10-18(16)14(4)13(3)17(15)9-11/h5,7,9-10H,6,8H2,1-4H3. The lowest BCUT2D eigenvalue weighted by atomic mass is 9.83. The molecule has 2 aromatic carbocycles. The van der Waals surface area contributed by atoms with Crippen LogP contribution in [0.25, 0.3) is 16.8 Å². The molecule has 0 aromatic heterocycles. The van der Waals surface area contributed by atoms with Crippen LogP contribution in [0.5, 0.6) is 0 Å². The van der Waals surface area contributed by atoms with E-state index in [0.717, 1.165) is 0 Å². The van der Waals surface area contributed by atoms with Gasteiger partial charge in [0.2, 0.25) is 0 Å². The molecule has 0 spiro atoms. The molecule has 0 fully saturated rings. The van der Waals surface area contributed by atoms with E-state index in [0.29, 0.717) is 0 Å². The van der Waals surface area contributed by atoms with Gasteiger partial charge in [-0.3, -0.25) is 0 Å². The maximum Gasteiger partial charge on any atom is -0.0143 e. The number of hydrogen-bond donors (Lipinski definition) is 0. The molecule has 0 heterocycles. The van der Waals surface area contributed by atoms with Crippen LogP contribution in [-0.4, -0.2) is 0 Å². The van der Waals surface area contributed by atoms with Gasteiger partial charge in [0.05, 0.1) is 0 Å². The van der Waals surface area contributed by atoms with E-state index < -0.39 is 0 Å². The van der Waals surface area contributed by atoms with E-state index in [9.17, 15) is 0 Å². The van der Waals surface area contributed by atoms with Crippen molar-refractivity contribution in [2.24, 2.45) is 0 Å². The van der Waals surface area contributed by atoms with Crippen molar-refractivity contribution in [3.63, 3.8) is 0 Å². The Morgan fingerprint density at radius 2 is 1.61 bits per heavy atom. The molecule has 0 bridgehead atoms. The molecule has 0 aliphatic heterocycles. The van der Waals surface area contributed by atoms with Crippen LogP contribution in [0.15, 0.2) is 23.8 Å². The molecule has 0 nitrogen and oxygen atoms in total. The quantitative estimate of drug-likeness (QED) is 0.596. The summed E-state index contributed by atoms with van der Waals surface area (Å²) in [5.41, 5.74) is 8.80. The lowest BCUT2D eigenvalue weighted by molar-refractivity contribution is 0.932. The molecule has 0 saturated heterocycles. The van der Waals surface area contributed by atoms with Crippen molar-refractivity contribution in [2.45, 2.75) is 40.5 Å². The van der Waals surface area contributed by atoms with E-state index in [1.165, 1.54) is 51.4 Å². The third-order valence-corrected chi connectivity index (χ3v) is 4.36. The molecular weight excluding hydrogens is 216 g/mol. The van der Waals surface area contributed by atoms with Gasteiger partial charge >= 0.3 is 0 Å². The number of hydrogen-bond acceptors (Lipinski definition) is 0. The molecule has 3 rings (SSSR count). The Morgan fingerprint density at radius 3 is 2.39 bits per heavy atom. The first-order chi connectivity index (χ1) is 8.58. The highest BCUT2D eigenvalue weighted by Gasteiger charge is 2.16. The van der Waals surface area contributed by atoms with Crippen LogP contribution in [-0.2, 0) is 6.42 Å². The van der Waals surface area contributed by atoms with Gasteiger partial charge < -0.3 is 0 Å². The zero-order valence-electron chi connectivity index (χ0n) is 11.7. The van der Waals surface area contributed by atoms with E-state index in [-0.39, 0.29) is 0 Å².